The zero-order valence-corrected chi connectivity index (χ0v) is 25.8. The van der Waals surface area contributed by atoms with Crippen molar-refractivity contribution in [2.45, 2.75) is 15.2 Å². The summed E-state index contributed by atoms with van der Waals surface area (Å²) in [5.74, 6) is 0.0630. The molecule has 216 valence electrons. The van der Waals surface area contributed by atoms with Crippen LogP contribution in [0.3, 0.4) is 0 Å². The number of anilines is 2. The van der Waals surface area contributed by atoms with Crippen molar-refractivity contribution in [2.24, 2.45) is 9.98 Å². The molecule has 1 unspecified atom stereocenters. The minimum atomic E-state index is -3.39. The molecule has 0 fully saturated rings. The number of methoxy groups -OCH3 is 1. The molecule has 0 saturated heterocycles. The van der Waals surface area contributed by atoms with Gasteiger partial charge in [0.2, 0.25) is 11.9 Å². The second-order valence-electron chi connectivity index (χ2n) is 9.18. The number of halogens is 2. The van der Waals surface area contributed by atoms with Crippen LogP contribution in [0.4, 0.5) is 15.8 Å². The van der Waals surface area contributed by atoms with E-state index >= 15 is 0 Å². The molecular formula is C31H28FIN4O4S. The molecule has 3 aromatic carbocycles. The highest BCUT2D eigenvalue weighted by Crippen LogP contribution is 2.29. The number of guanidine groups is 1. The third-order valence-electron chi connectivity index (χ3n) is 6.18. The summed E-state index contributed by atoms with van der Waals surface area (Å²) in [6.45, 7) is 3.65. The Morgan fingerprint density at radius 3 is 2.38 bits per heavy atom. The van der Waals surface area contributed by atoms with Gasteiger partial charge < -0.3 is 15.4 Å². The molecule has 1 aliphatic carbocycles. The molecule has 11 heteroatoms. The quantitative estimate of drug-likeness (QED) is 0.117. The van der Waals surface area contributed by atoms with Gasteiger partial charge in [0.15, 0.2) is 9.84 Å². The number of ether oxygens (including phenoxy) is 1. The second kappa shape index (κ2) is 13.7. The van der Waals surface area contributed by atoms with Crippen LogP contribution in [-0.4, -0.2) is 39.4 Å². The number of sulfone groups is 1. The van der Waals surface area contributed by atoms with E-state index in [-0.39, 0.29) is 22.6 Å². The summed E-state index contributed by atoms with van der Waals surface area (Å²) in [6, 6.07) is 17.9. The van der Waals surface area contributed by atoms with Crippen molar-refractivity contribution in [3.8, 4) is 5.75 Å². The number of allylic oxidation sites excluding steroid dienone is 4. The van der Waals surface area contributed by atoms with Gasteiger partial charge in [-0.25, -0.2) is 22.8 Å². The van der Waals surface area contributed by atoms with E-state index in [1.54, 1.807) is 18.2 Å². The van der Waals surface area contributed by atoms with Crippen LogP contribution in [0.5, 0.6) is 5.75 Å². The fourth-order valence-electron chi connectivity index (χ4n) is 4.01. The van der Waals surface area contributed by atoms with Gasteiger partial charge in [0.25, 0.3) is 0 Å². The van der Waals surface area contributed by atoms with Gasteiger partial charge in [0.1, 0.15) is 15.5 Å². The maximum atomic E-state index is 13.2. The molecule has 4 rings (SSSR count). The molecular weight excluding hydrogens is 670 g/mol. The SMILES string of the molecule is C=CN=C(N=C1C=CC(c2ccc(NC(=O)C(I)c3ccc(F)cc3)cc2)=CC1)Nc1ccc(S(C)(=O)=O)cc1OC. The lowest BCUT2D eigenvalue weighted by Gasteiger charge is -2.14. The summed E-state index contributed by atoms with van der Waals surface area (Å²) in [6.07, 6.45) is 8.90. The summed E-state index contributed by atoms with van der Waals surface area (Å²) in [4.78, 5) is 21.6. The van der Waals surface area contributed by atoms with E-state index < -0.39 is 13.8 Å². The standard InChI is InChI=1S/C31H28FIN4O4S/c1-4-34-31(37-27-18-17-26(42(3,39)40)19-28(27)41-2)36-25-15-9-21(10-16-25)20-7-13-24(14-8-20)35-30(38)29(33)22-5-11-23(32)12-6-22/h4-15,17-19,29H,1,16H2,2-3H3,(H,34,37)(H,35,38). The van der Waals surface area contributed by atoms with Crippen molar-refractivity contribution in [1.29, 1.82) is 0 Å². The molecule has 2 N–H and O–H groups in total. The Morgan fingerprint density at radius 1 is 1.07 bits per heavy atom. The zero-order chi connectivity index (χ0) is 30.3. The highest BCUT2D eigenvalue weighted by Gasteiger charge is 2.18. The number of hydrogen-bond acceptors (Lipinski definition) is 5. The first kappa shape index (κ1) is 30.8. The third-order valence-corrected chi connectivity index (χ3v) is 8.57. The predicted molar refractivity (Wildman–Crippen MR) is 175 cm³/mol. The fraction of sp³-hybridized carbons (Fsp3) is 0.129. The fourth-order valence-corrected chi connectivity index (χ4v) is 5.21. The van der Waals surface area contributed by atoms with Crippen molar-refractivity contribution < 1.29 is 22.3 Å². The van der Waals surface area contributed by atoms with Crippen molar-refractivity contribution in [1.82, 2.24) is 0 Å². The van der Waals surface area contributed by atoms with E-state index in [9.17, 15) is 17.6 Å². The number of hydrogen-bond donors (Lipinski definition) is 2. The summed E-state index contributed by atoms with van der Waals surface area (Å²) in [5, 5.41) is 5.98. The second-order valence-corrected chi connectivity index (χ2v) is 12.4. The minimum Gasteiger partial charge on any atom is -0.495 e. The number of amides is 1. The lowest BCUT2D eigenvalue weighted by molar-refractivity contribution is -0.115. The summed E-state index contributed by atoms with van der Waals surface area (Å²) < 4.78 is 41.9. The van der Waals surface area contributed by atoms with Gasteiger partial charge in [0, 0.05) is 36.3 Å². The smallest absolute Gasteiger partial charge is 0.241 e. The Hall–Kier alpha value is -4.10. The molecule has 0 aliphatic heterocycles. The van der Waals surface area contributed by atoms with Crippen LogP contribution < -0.4 is 15.4 Å². The normalized spacial score (nSPS) is 15.1. The van der Waals surface area contributed by atoms with E-state index in [1.165, 1.54) is 37.6 Å². The van der Waals surface area contributed by atoms with Crippen LogP contribution in [0, 0.1) is 5.82 Å². The molecule has 8 nitrogen and oxygen atoms in total. The number of nitrogens with zero attached hydrogens (tertiary/aromatic N) is 2. The van der Waals surface area contributed by atoms with E-state index in [0.29, 0.717) is 23.5 Å². The van der Waals surface area contributed by atoms with Crippen molar-refractivity contribution in [3.63, 3.8) is 0 Å². The van der Waals surface area contributed by atoms with Gasteiger partial charge in [-0.15, -0.1) is 0 Å². The van der Waals surface area contributed by atoms with Crippen molar-refractivity contribution in [2.75, 3.05) is 24.0 Å². The van der Waals surface area contributed by atoms with E-state index in [4.69, 9.17) is 4.74 Å². The molecule has 0 aromatic heterocycles. The van der Waals surface area contributed by atoms with Gasteiger partial charge in [-0.1, -0.05) is 65.6 Å². The first-order chi connectivity index (χ1) is 20.1. The Labute approximate surface area is 257 Å². The molecule has 42 heavy (non-hydrogen) atoms. The van der Waals surface area contributed by atoms with Gasteiger partial charge >= 0.3 is 0 Å². The molecule has 0 bridgehead atoms. The lowest BCUT2D eigenvalue weighted by Crippen LogP contribution is -2.16. The Balaban J connectivity index is 1.41. The number of alkyl halides is 1. The third kappa shape index (κ3) is 8.01. The van der Waals surface area contributed by atoms with Crippen LogP contribution in [0.1, 0.15) is 21.5 Å². The summed E-state index contributed by atoms with van der Waals surface area (Å²) in [7, 11) is -1.94. The number of aliphatic imine (C=N–C) groups is 2. The Morgan fingerprint density at radius 2 is 1.79 bits per heavy atom. The molecule has 0 spiro atoms. The van der Waals surface area contributed by atoms with E-state index in [0.717, 1.165) is 28.7 Å². The van der Waals surface area contributed by atoms with Gasteiger partial charge in [-0.3, -0.25) is 4.79 Å². The van der Waals surface area contributed by atoms with Crippen LogP contribution >= 0.6 is 22.6 Å². The van der Waals surface area contributed by atoms with Crippen molar-refractivity contribution in [3.05, 3.63) is 115 Å². The Kier molecular flexibility index (Phi) is 10.1. The first-order valence-corrected chi connectivity index (χ1v) is 15.8. The minimum absolute atomic E-state index is 0.140. The number of nitrogens with one attached hydrogen (secondary N) is 2. The average molecular weight is 699 g/mol. The molecule has 0 radical (unpaired) electrons. The number of carbonyl (C=O) groups excluding carboxylic acids is 1. The van der Waals surface area contributed by atoms with Gasteiger partial charge in [0.05, 0.1) is 17.7 Å². The first-order valence-electron chi connectivity index (χ1n) is 12.7. The molecule has 0 heterocycles. The Bertz CT molecular complexity index is 1710. The summed E-state index contributed by atoms with van der Waals surface area (Å²) >= 11 is 2.03. The molecule has 3 aromatic rings. The number of carbonyl (C=O) groups is 1. The van der Waals surface area contributed by atoms with Crippen molar-refractivity contribution >= 4 is 67.0 Å². The van der Waals surface area contributed by atoms with E-state index in [2.05, 4.69) is 27.2 Å². The lowest BCUT2D eigenvalue weighted by atomic mass is 9.98. The topological polar surface area (TPSA) is 109 Å². The molecule has 1 aliphatic rings. The molecule has 0 saturated carbocycles. The maximum Gasteiger partial charge on any atom is 0.241 e. The largest absolute Gasteiger partial charge is 0.495 e. The molecule has 1 atom stereocenters. The average Bonchev–Trinajstić information content (AvgIpc) is 2.97. The predicted octanol–water partition coefficient (Wildman–Crippen LogP) is 6.75. The maximum absolute atomic E-state index is 13.2. The van der Waals surface area contributed by atoms with Gasteiger partial charge in [-0.05, 0) is 59.2 Å². The monoisotopic (exact) mass is 698 g/mol. The number of benzene rings is 3. The molecule has 1 amide bonds. The zero-order valence-electron chi connectivity index (χ0n) is 22.8. The van der Waals surface area contributed by atoms with Crippen LogP contribution in [0.2, 0.25) is 0 Å². The van der Waals surface area contributed by atoms with Crippen LogP contribution in [-0.2, 0) is 14.6 Å². The highest BCUT2D eigenvalue weighted by molar-refractivity contribution is 14.1. The van der Waals surface area contributed by atoms with Crippen LogP contribution in [0.15, 0.2) is 113 Å². The number of rotatable bonds is 8. The van der Waals surface area contributed by atoms with Gasteiger partial charge in [-0.2, -0.15) is 0 Å². The van der Waals surface area contributed by atoms with Crippen LogP contribution in [0.25, 0.3) is 5.57 Å². The van der Waals surface area contributed by atoms with E-state index in [1.807, 2.05) is 65.1 Å². The summed E-state index contributed by atoms with van der Waals surface area (Å²) in [5.41, 5.74) is 4.61. The highest BCUT2D eigenvalue weighted by atomic mass is 127.